The van der Waals surface area contributed by atoms with Gasteiger partial charge in [0.25, 0.3) is 0 Å². The lowest BCUT2D eigenvalue weighted by molar-refractivity contribution is -0.138. The number of hydrogen-bond donors (Lipinski definition) is 2. The zero-order valence-corrected chi connectivity index (χ0v) is 9.58. The minimum atomic E-state index is -4.65. The second-order valence-electron chi connectivity index (χ2n) is 4.53. The van der Waals surface area contributed by atoms with Crippen molar-refractivity contribution in [2.75, 3.05) is 5.32 Å². The predicted molar refractivity (Wildman–Crippen MR) is 59.6 cm³/mol. The smallest absolute Gasteiger partial charge is 0.417 e. The van der Waals surface area contributed by atoms with E-state index in [-0.39, 0.29) is 6.04 Å². The first-order valence-electron chi connectivity index (χ1n) is 5.50. The number of nitrogens with one attached hydrogen (secondary N) is 1. The second-order valence-corrected chi connectivity index (χ2v) is 4.53. The molecule has 0 heterocycles. The third kappa shape index (κ3) is 2.57. The van der Waals surface area contributed by atoms with E-state index in [0.29, 0.717) is 11.6 Å². The molecule has 98 valence electrons. The molecule has 0 aliphatic heterocycles. The summed E-state index contributed by atoms with van der Waals surface area (Å²) in [7, 11) is 0. The van der Waals surface area contributed by atoms with Crippen LogP contribution in [0, 0.1) is 5.92 Å². The van der Waals surface area contributed by atoms with Crippen molar-refractivity contribution in [1.29, 1.82) is 0 Å². The molecule has 1 saturated carbocycles. The van der Waals surface area contributed by atoms with E-state index in [1.54, 1.807) is 0 Å². The number of carboxylic acids is 1. The summed E-state index contributed by atoms with van der Waals surface area (Å²) >= 11 is 0. The Kier molecular flexibility index (Phi) is 2.96. The van der Waals surface area contributed by atoms with Gasteiger partial charge >= 0.3 is 12.1 Å². The fourth-order valence-corrected chi connectivity index (χ4v) is 1.80. The summed E-state index contributed by atoms with van der Waals surface area (Å²) in [5, 5.41) is 11.8. The monoisotopic (exact) mass is 259 g/mol. The van der Waals surface area contributed by atoms with E-state index in [1.807, 2.05) is 6.92 Å². The Morgan fingerprint density at radius 2 is 2.06 bits per heavy atom. The molecule has 1 aliphatic rings. The van der Waals surface area contributed by atoms with Gasteiger partial charge in [0, 0.05) is 11.7 Å². The van der Waals surface area contributed by atoms with Gasteiger partial charge in [0.15, 0.2) is 0 Å². The van der Waals surface area contributed by atoms with Crippen LogP contribution in [0.5, 0.6) is 0 Å². The molecule has 1 aromatic rings. The van der Waals surface area contributed by atoms with Crippen molar-refractivity contribution in [3.05, 3.63) is 29.3 Å². The standard InChI is InChI=1S/C12H12F3NO2/c1-6-4-10(6)16-7-2-3-9(12(13,14)15)8(5-7)11(17)18/h2-3,5-6,10,16H,4H2,1H3,(H,17,18). The van der Waals surface area contributed by atoms with Gasteiger partial charge in [-0.1, -0.05) is 6.92 Å². The van der Waals surface area contributed by atoms with Crippen molar-refractivity contribution in [3.63, 3.8) is 0 Å². The van der Waals surface area contributed by atoms with Crippen LogP contribution < -0.4 is 5.32 Å². The molecular formula is C12H12F3NO2. The molecule has 0 bridgehead atoms. The summed E-state index contributed by atoms with van der Waals surface area (Å²) in [5.41, 5.74) is -1.43. The van der Waals surface area contributed by atoms with Crippen molar-refractivity contribution in [2.24, 2.45) is 5.92 Å². The van der Waals surface area contributed by atoms with Crippen LogP contribution in [0.25, 0.3) is 0 Å². The van der Waals surface area contributed by atoms with E-state index in [0.717, 1.165) is 18.6 Å². The number of carboxylic acid groups (broad SMARTS) is 1. The van der Waals surface area contributed by atoms with Crippen molar-refractivity contribution in [3.8, 4) is 0 Å². The minimum Gasteiger partial charge on any atom is -0.478 e. The van der Waals surface area contributed by atoms with E-state index in [2.05, 4.69) is 5.32 Å². The van der Waals surface area contributed by atoms with Crippen LogP contribution in [-0.2, 0) is 6.18 Å². The van der Waals surface area contributed by atoms with Crippen LogP contribution in [0.2, 0.25) is 0 Å². The first-order valence-corrected chi connectivity index (χ1v) is 5.50. The average molecular weight is 259 g/mol. The number of carbonyl (C=O) groups is 1. The number of aromatic carboxylic acids is 1. The Morgan fingerprint density at radius 3 is 2.50 bits per heavy atom. The highest BCUT2D eigenvalue weighted by Gasteiger charge is 2.36. The number of benzene rings is 1. The number of rotatable bonds is 3. The van der Waals surface area contributed by atoms with Gasteiger partial charge in [0.1, 0.15) is 0 Å². The van der Waals surface area contributed by atoms with Gasteiger partial charge in [0.05, 0.1) is 11.1 Å². The summed E-state index contributed by atoms with van der Waals surface area (Å²) < 4.78 is 37.8. The van der Waals surface area contributed by atoms with Gasteiger partial charge in [-0.15, -0.1) is 0 Å². The van der Waals surface area contributed by atoms with Gasteiger partial charge in [0.2, 0.25) is 0 Å². The minimum absolute atomic E-state index is 0.225. The molecule has 0 amide bonds. The Labute approximate surface area is 102 Å². The highest BCUT2D eigenvalue weighted by molar-refractivity contribution is 5.91. The zero-order valence-electron chi connectivity index (χ0n) is 9.58. The van der Waals surface area contributed by atoms with Crippen LogP contribution in [0.1, 0.15) is 29.3 Å². The number of anilines is 1. The van der Waals surface area contributed by atoms with Crippen molar-refractivity contribution in [1.82, 2.24) is 0 Å². The molecule has 2 N–H and O–H groups in total. The van der Waals surface area contributed by atoms with E-state index in [1.165, 1.54) is 6.07 Å². The summed E-state index contributed by atoms with van der Waals surface area (Å²) in [4.78, 5) is 10.9. The number of halogens is 3. The molecule has 6 heteroatoms. The van der Waals surface area contributed by atoms with Gasteiger partial charge in [-0.25, -0.2) is 4.79 Å². The fourth-order valence-electron chi connectivity index (χ4n) is 1.80. The van der Waals surface area contributed by atoms with Crippen LogP contribution in [-0.4, -0.2) is 17.1 Å². The Balaban J connectivity index is 2.31. The molecule has 0 spiro atoms. The van der Waals surface area contributed by atoms with Gasteiger partial charge in [-0.3, -0.25) is 0 Å². The topological polar surface area (TPSA) is 49.3 Å². The van der Waals surface area contributed by atoms with E-state index < -0.39 is 23.3 Å². The molecule has 3 nitrogen and oxygen atoms in total. The molecule has 1 aromatic carbocycles. The Morgan fingerprint density at radius 1 is 1.44 bits per heavy atom. The lowest BCUT2D eigenvalue weighted by atomic mass is 10.1. The number of alkyl halides is 3. The third-order valence-corrected chi connectivity index (χ3v) is 3.02. The van der Waals surface area contributed by atoms with E-state index in [9.17, 15) is 18.0 Å². The maximum absolute atomic E-state index is 12.6. The molecule has 0 radical (unpaired) electrons. The van der Waals surface area contributed by atoms with Crippen LogP contribution >= 0.6 is 0 Å². The molecule has 2 rings (SSSR count). The molecule has 1 aliphatic carbocycles. The predicted octanol–water partition coefficient (Wildman–Crippen LogP) is 3.22. The Bertz CT molecular complexity index is 485. The lowest BCUT2D eigenvalue weighted by Gasteiger charge is -2.12. The quantitative estimate of drug-likeness (QED) is 0.876. The normalized spacial score (nSPS) is 22.7. The molecule has 0 saturated heterocycles. The largest absolute Gasteiger partial charge is 0.478 e. The first kappa shape index (κ1) is 12.7. The van der Waals surface area contributed by atoms with Crippen molar-refractivity contribution >= 4 is 11.7 Å². The second kappa shape index (κ2) is 4.19. The third-order valence-electron chi connectivity index (χ3n) is 3.02. The zero-order chi connectivity index (χ0) is 13.5. The molecule has 0 aromatic heterocycles. The average Bonchev–Trinajstić information content (AvgIpc) is 2.92. The molecule has 2 atom stereocenters. The summed E-state index contributed by atoms with van der Waals surface area (Å²) in [6.07, 6.45) is -3.71. The molecular weight excluding hydrogens is 247 g/mol. The highest BCUT2D eigenvalue weighted by atomic mass is 19.4. The van der Waals surface area contributed by atoms with Gasteiger partial charge < -0.3 is 10.4 Å². The Hall–Kier alpha value is -1.72. The van der Waals surface area contributed by atoms with Crippen LogP contribution in [0.15, 0.2) is 18.2 Å². The van der Waals surface area contributed by atoms with Crippen molar-refractivity contribution in [2.45, 2.75) is 25.6 Å². The van der Waals surface area contributed by atoms with Crippen LogP contribution in [0.3, 0.4) is 0 Å². The SMILES string of the molecule is CC1CC1Nc1ccc(C(F)(F)F)c(C(=O)O)c1. The maximum atomic E-state index is 12.6. The van der Waals surface area contributed by atoms with Gasteiger partial charge in [-0.05, 0) is 30.5 Å². The summed E-state index contributed by atoms with van der Waals surface area (Å²) in [6, 6.07) is 3.33. The molecule has 18 heavy (non-hydrogen) atoms. The molecule has 1 fully saturated rings. The first-order chi connectivity index (χ1) is 8.29. The van der Waals surface area contributed by atoms with Crippen LogP contribution in [0.4, 0.5) is 18.9 Å². The maximum Gasteiger partial charge on any atom is 0.417 e. The lowest BCUT2D eigenvalue weighted by Crippen LogP contribution is -2.14. The van der Waals surface area contributed by atoms with Crippen molar-refractivity contribution < 1.29 is 23.1 Å². The number of hydrogen-bond acceptors (Lipinski definition) is 2. The van der Waals surface area contributed by atoms with E-state index in [4.69, 9.17) is 5.11 Å². The summed E-state index contributed by atoms with van der Waals surface area (Å²) in [5.74, 6) is -1.10. The summed E-state index contributed by atoms with van der Waals surface area (Å²) in [6.45, 7) is 2.01. The molecule has 2 unspecified atom stereocenters. The highest BCUT2D eigenvalue weighted by Crippen LogP contribution is 2.36. The fraction of sp³-hybridized carbons (Fsp3) is 0.417. The van der Waals surface area contributed by atoms with Gasteiger partial charge in [-0.2, -0.15) is 13.2 Å². The van der Waals surface area contributed by atoms with E-state index >= 15 is 0 Å².